The van der Waals surface area contributed by atoms with Gasteiger partial charge in [-0.1, -0.05) is 11.3 Å². The molecule has 1 amide bonds. The summed E-state index contributed by atoms with van der Waals surface area (Å²) in [6.07, 6.45) is 0. The molecule has 1 aromatic heterocycles. The number of aliphatic hydroxyl groups is 1. The van der Waals surface area contributed by atoms with Gasteiger partial charge in [0.2, 0.25) is 0 Å². The monoisotopic (exact) mass is 293 g/mol. The highest BCUT2D eigenvalue weighted by Crippen LogP contribution is 2.25. The molecule has 0 saturated carbocycles. The second-order valence-corrected chi connectivity index (χ2v) is 6.93. The minimum absolute atomic E-state index is 0.231. The van der Waals surface area contributed by atoms with Crippen LogP contribution in [0.3, 0.4) is 0 Å². The third-order valence-corrected chi connectivity index (χ3v) is 4.47. The van der Waals surface area contributed by atoms with Crippen molar-refractivity contribution in [2.24, 2.45) is 0 Å². The van der Waals surface area contributed by atoms with Crippen molar-refractivity contribution in [3.63, 3.8) is 0 Å². The smallest absolute Gasteiger partial charge is 0.251 e. The van der Waals surface area contributed by atoms with Gasteiger partial charge in [0.15, 0.2) is 5.13 Å². The van der Waals surface area contributed by atoms with Gasteiger partial charge in [-0.05, 0) is 45.9 Å². The highest BCUT2D eigenvalue weighted by molar-refractivity contribution is 7.22. The Kier molecular flexibility index (Phi) is 3.47. The van der Waals surface area contributed by atoms with Crippen LogP contribution in [0.15, 0.2) is 18.2 Å². The number of fused-ring (bicyclic) bond motifs is 1. The fourth-order valence-electron chi connectivity index (χ4n) is 1.59. The molecule has 5 nitrogen and oxygen atoms in total. The van der Waals surface area contributed by atoms with Gasteiger partial charge in [-0.15, -0.1) is 0 Å². The molecular weight excluding hydrogens is 274 g/mol. The zero-order valence-corrected chi connectivity index (χ0v) is 12.8. The minimum atomic E-state index is -1.03. The SMILES string of the molecule is CC(C)(O)C(C)(C)NC(=O)c1ccc2nc(N)sc2c1. The quantitative estimate of drug-likeness (QED) is 0.809. The Balaban J connectivity index is 2.27. The van der Waals surface area contributed by atoms with Gasteiger partial charge in [-0.25, -0.2) is 4.98 Å². The Bertz CT molecular complexity index is 656. The van der Waals surface area contributed by atoms with E-state index in [1.807, 2.05) is 0 Å². The van der Waals surface area contributed by atoms with Crippen LogP contribution in [0.5, 0.6) is 0 Å². The topological polar surface area (TPSA) is 88.2 Å². The van der Waals surface area contributed by atoms with E-state index < -0.39 is 11.1 Å². The molecule has 6 heteroatoms. The lowest BCUT2D eigenvalue weighted by molar-refractivity contribution is -0.00292. The predicted molar refractivity (Wildman–Crippen MR) is 81.9 cm³/mol. The second-order valence-electron chi connectivity index (χ2n) is 5.87. The van der Waals surface area contributed by atoms with E-state index >= 15 is 0 Å². The van der Waals surface area contributed by atoms with Crippen LogP contribution in [-0.2, 0) is 0 Å². The molecule has 0 unspecified atom stereocenters. The zero-order chi connectivity index (χ0) is 15.1. The van der Waals surface area contributed by atoms with Gasteiger partial charge in [-0.2, -0.15) is 0 Å². The van der Waals surface area contributed by atoms with E-state index in [0.29, 0.717) is 10.7 Å². The number of hydrogen-bond donors (Lipinski definition) is 3. The summed E-state index contributed by atoms with van der Waals surface area (Å²) < 4.78 is 0.871. The summed E-state index contributed by atoms with van der Waals surface area (Å²) in [7, 11) is 0. The van der Waals surface area contributed by atoms with Crippen LogP contribution in [0.2, 0.25) is 0 Å². The van der Waals surface area contributed by atoms with E-state index in [4.69, 9.17) is 5.73 Å². The number of nitrogen functional groups attached to an aromatic ring is 1. The number of rotatable bonds is 3. The van der Waals surface area contributed by atoms with E-state index in [9.17, 15) is 9.90 Å². The summed E-state index contributed by atoms with van der Waals surface area (Å²) >= 11 is 1.34. The van der Waals surface area contributed by atoms with E-state index in [1.165, 1.54) is 11.3 Å². The largest absolute Gasteiger partial charge is 0.388 e. The molecule has 0 spiro atoms. The number of hydrogen-bond acceptors (Lipinski definition) is 5. The van der Waals surface area contributed by atoms with Crippen molar-refractivity contribution in [2.75, 3.05) is 5.73 Å². The third-order valence-electron chi connectivity index (χ3n) is 3.62. The maximum absolute atomic E-state index is 12.3. The molecule has 2 rings (SSSR count). The molecule has 0 saturated heterocycles. The molecule has 0 radical (unpaired) electrons. The Morgan fingerprint density at radius 3 is 2.60 bits per heavy atom. The van der Waals surface area contributed by atoms with E-state index in [1.54, 1.807) is 45.9 Å². The highest BCUT2D eigenvalue weighted by Gasteiger charge is 2.36. The Hall–Kier alpha value is -1.66. The number of carbonyl (C=O) groups is 1. The fourth-order valence-corrected chi connectivity index (χ4v) is 2.37. The summed E-state index contributed by atoms with van der Waals surface area (Å²) in [4.78, 5) is 16.4. The van der Waals surface area contributed by atoms with Crippen molar-refractivity contribution in [1.82, 2.24) is 10.3 Å². The van der Waals surface area contributed by atoms with Crippen LogP contribution in [-0.4, -0.2) is 27.1 Å². The molecule has 108 valence electrons. The maximum atomic E-state index is 12.3. The fraction of sp³-hybridized carbons (Fsp3) is 0.429. The molecule has 0 atom stereocenters. The number of nitrogens with two attached hydrogens (primary N) is 1. The molecule has 1 aromatic carbocycles. The zero-order valence-electron chi connectivity index (χ0n) is 12.0. The van der Waals surface area contributed by atoms with Crippen molar-refractivity contribution in [3.05, 3.63) is 23.8 Å². The predicted octanol–water partition coefficient (Wildman–Crippen LogP) is 2.16. The molecule has 4 N–H and O–H groups in total. The van der Waals surface area contributed by atoms with Gasteiger partial charge >= 0.3 is 0 Å². The van der Waals surface area contributed by atoms with Gasteiger partial charge in [-0.3, -0.25) is 4.79 Å². The number of thiazole rings is 1. The highest BCUT2D eigenvalue weighted by atomic mass is 32.1. The lowest BCUT2D eigenvalue weighted by Crippen LogP contribution is -2.57. The lowest BCUT2D eigenvalue weighted by atomic mass is 9.86. The molecule has 20 heavy (non-hydrogen) atoms. The summed E-state index contributed by atoms with van der Waals surface area (Å²) in [5, 5.41) is 13.4. The van der Waals surface area contributed by atoms with Crippen molar-refractivity contribution in [1.29, 1.82) is 0 Å². The third kappa shape index (κ3) is 2.76. The van der Waals surface area contributed by atoms with Crippen molar-refractivity contribution in [3.8, 4) is 0 Å². The van der Waals surface area contributed by atoms with E-state index in [-0.39, 0.29) is 5.91 Å². The standard InChI is InChI=1S/C14H19N3O2S/c1-13(2,14(3,4)19)17-11(18)8-5-6-9-10(7-8)20-12(15)16-9/h5-7,19H,1-4H3,(H2,15,16)(H,17,18). The number of nitrogens with zero attached hydrogens (tertiary/aromatic N) is 1. The summed E-state index contributed by atoms with van der Waals surface area (Å²) in [5.41, 5.74) is 5.19. The number of anilines is 1. The molecule has 0 aliphatic heterocycles. The first kappa shape index (κ1) is 14.7. The van der Waals surface area contributed by atoms with Gasteiger partial charge in [0.05, 0.1) is 21.4 Å². The van der Waals surface area contributed by atoms with Crippen LogP contribution in [0.4, 0.5) is 5.13 Å². The number of nitrogens with one attached hydrogen (secondary N) is 1. The van der Waals surface area contributed by atoms with Crippen LogP contribution < -0.4 is 11.1 Å². The Labute approximate surface area is 121 Å². The average Bonchev–Trinajstić information content (AvgIpc) is 2.65. The molecule has 1 heterocycles. The molecule has 0 fully saturated rings. The average molecular weight is 293 g/mol. The minimum Gasteiger partial charge on any atom is -0.388 e. The van der Waals surface area contributed by atoms with Gasteiger partial charge in [0.25, 0.3) is 5.91 Å². The van der Waals surface area contributed by atoms with Crippen molar-refractivity contribution < 1.29 is 9.90 Å². The normalized spacial score (nSPS) is 12.7. The lowest BCUT2D eigenvalue weighted by Gasteiger charge is -2.38. The van der Waals surface area contributed by atoms with Crippen LogP contribution in [0.25, 0.3) is 10.2 Å². The molecular formula is C14H19N3O2S. The molecule has 2 aromatic rings. The van der Waals surface area contributed by atoms with Crippen LogP contribution in [0.1, 0.15) is 38.1 Å². The van der Waals surface area contributed by atoms with Crippen molar-refractivity contribution in [2.45, 2.75) is 38.8 Å². The Morgan fingerprint density at radius 2 is 2.00 bits per heavy atom. The number of aromatic nitrogens is 1. The first-order valence-electron chi connectivity index (χ1n) is 6.31. The second kappa shape index (κ2) is 4.71. The summed E-state index contributed by atoms with van der Waals surface area (Å²) in [6, 6.07) is 5.24. The molecule has 0 aliphatic carbocycles. The van der Waals surface area contributed by atoms with E-state index in [2.05, 4.69) is 10.3 Å². The first-order chi connectivity index (χ1) is 9.10. The number of benzene rings is 1. The Morgan fingerprint density at radius 1 is 1.35 bits per heavy atom. The van der Waals surface area contributed by atoms with Crippen LogP contribution in [0, 0.1) is 0 Å². The number of carbonyl (C=O) groups excluding carboxylic acids is 1. The summed E-state index contributed by atoms with van der Waals surface area (Å²) in [6.45, 7) is 6.91. The van der Waals surface area contributed by atoms with Gasteiger partial charge in [0, 0.05) is 5.56 Å². The summed E-state index contributed by atoms with van der Waals surface area (Å²) in [5.74, 6) is -0.231. The molecule has 0 bridgehead atoms. The first-order valence-corrected chi connectivity index (χ1v) is 7.13. The number of amides is 1. The van der Waals surface area contributed by atoms with Crippen LogP contribution >= 0.6 is 11.3 Å². The van der Waals surface area contributed by atoms with Gasteiger partial charge in [0.1, 0.15) is 0 Å². The van der Waals surface area contributed by atoms with Crippen molar-refractivity contribution >= 4 is 32.6 Å². The molecule has 0 aliphatic rings. The van der Waals surface area contributed by atoms with E-state index in [0.717, 1.165) is 10.2 Å². The maximum Gasteiger partial charge on any atom is 0.251 e. The van der Waals surface area contributed by atoms with Gasteiger partial charge < -0.3 is 16.2 Å².